The third kappa shape index (κ3) is 2.77. The van der Waals surface area contributed by atoms with Gasteiger partial charge < -0.3 is 11.1 Å². The number of halogens is 1. The lowest BCUT2D eigenvalue weighted by atomic mass is 10.1. The molecule has 0 aliphatic heterocycles. The number of nitrogens with two attached hydrogens (primary N) is 1. The van der Waals surface area contributed by atoms with Crippen LogP contribution in [0, 0.1) is 11.3 Å². The number of hydrogen-bond acceptors (Lipinski definition) is 6. The van der Waals surface area contributed by atoms with Crippen LogP contribution < -0.4 is 11.1 Å². The van der Waals surface area contributed by atoms with Crippen molar-refractivity contribution in [3.63, 3.8) is 0 Å². The number of nitrogen functional groups attached to an aromatic ring is 1. The van der Waals surface area contributed by atoms with Crippen molar-refractivity contribution in [1.29, 1.82) is 5.26 Å². The number of nitriles is 1. The molecule has 2 aromatic heterocycles. The molecule has 2 rings (SSSR count). The molecule has 102 valence electrons. The molecular formula is C13H10BrN3OS2. The van der Waals surface area contributed by atoms with Crippen molar-refractivity contribution in [2.45, 2.75) is 0 Å². The standard InChI is InChI=1S/C13H10BrN3OS2/c1-2-5-17-13-10(7(6-15)12(16)20-13)11(18)8-3-4-9(14)19-8/h2-4,17H,1,5,16H2. The monoisotopic (exact) mass is 367 g/mol. The maximum Gasteiger partial charge on any atom is 0.207 e. The van der Waals surface area contributed by atoms with Crippen LogP contribution in [0.1, 0.15) is 20.8 Å². The number of carbonyl (C=O) groups excluding carboxylic acids is 1. The molecule has 7 heteroatoms. The largest absolute Gasteiger partial charge is 0.389 e. The van der Waals surface area contributed by atoms with E-state index in [0.29, 0.717) is 27.0 Å². The smallest absolute Gasteiger partial charge is 0.207 e. The molecule has 0 saturated heterocycles. The van der Waals surface area contributed by atoms with E-state index in [1.165, 1.54) is 22.7 Å². The average Bonchev–Trinajstić information content (AvgIpc) is 2.99. The molecule has 2 aromatic rings. The van der Waals surface area contributed by atoms with Gasteiger partial charge in [-0.2, -0.15) is 5.26 Å². The fourth-order valence-electron chi connectivity index (χ4n) is 1.63. The van der Waals surface area contributed by atoms with Gasteiger partial charge in [-0.15, -0.1) is 17.9 Å². The summed E-state index contributed by atoms with van der Waals surface area (Å²) in [5.41, 5.74) is 6.39. The van der Waals surface area contributed by atoms with Crippen LogP contribution in [-0.2, 0) is 0 Å². The van der Waals surface area contributed by atoms with E-state index in [1.807, 2.05) is 6.07 Å². The van der Waals surface area contributed by atoms with E-state index in [2.05, 4.69) is 27.8 Å². The molecule has 0 amide bonds. The number of anilines is 2. The maximum atomic E-state index is 12.6. The van der Waals surface area contributed by atoms with Crippen LogP contribution >= 0.6 is 38.6 Å². The van der Waals surface area contributed by atoms with E-state index in [9.17, 15) is 10.1 Å². The first-order chi connectivity index (χ1) is 9.58. The molecule has 0 bridgehead atoms. The summed E-state index contributed by atoms with van der Waals surface area (Å²) >= 11 is 5.85. The van der Waals surface area contributed by atoms with E-state index >= 15 is 0 Å². The van der Waals surface area contributed by atoms with Crippen LogP contribution in [0.25, 0.3) is 0 Å². The Hall–Kier alpha value is -1.62. The van der Waals surface area contributed by atoms with Gasteiger partial charge in [0, 0.05) is 6.54 Å². The molecule has 20 heavy (non-hydrogen) atoms. The predicted molar refractivity (Wildman–Crippen MR) is 87.6 cm³/mol. The summed E-state index contributed by atoms with van der Waals surface area (Å²) < 4.78 is 0.864. The van der Waals surface area contributed by atoms with Gasteiger partial charge in [0.2, 0.25) is 5.78 Å². The molecule has 0 unspecified atom stereocenters. The van der Waals surface area contributed by atoms with E-state index in [4.69, 9.17) is 5.73 Å². The van der Waals surface area contributed by atoms with Crippen LogP contribution in [-0.4, -0.2) is 12.3 Å². The van der Waals surface area contributed by atoms with Gasteiger partial charge >= 0.3 is 0 Å². The van der Waals surface area contributed by atoms with Gasteiger partial charge in [0.25, 0.3) is 0 Å². The van der Waals surface area contributed by atoms with E-state index in [1.54, 1.807) is 18.2 Å². The summed E-state index contributed by atoms with van der Waals surface area (Å²) in [6.45, 7) is 4.12. The lowest BCUT2D eigenvalue weighted by molar-refractivity contribution is 0.104. The van der Waals surface area contributed by atoms with Gasteiger partial charge in [-0.05, 0) is 28.1 Å². The molecule has 0 aromatic carbocycles. The number of nitrogens with zero attached hydrogens (tertiary/aromatic N) is 1. The van der Waals surface area contributed by atoms with E-state index in [0.717, 1.165) is 3.79 Å². The predicted octanol–water partition coefficient (Wildman–Crippen LogP) is 3.85. The minimum Gasteiger partial charge on any atom is -0.389 e. The lowest BCUT2D eigenvalue weighted by Gasteiger charge is -2.03. The highest BCUT2D eigenvalue weighted by molar-refractivity contribution is 9.11. The number of carbonyl (C=O) groups is 1. The summed E-state index contributed by atoms with van der Waals surface area (Å²) in [5, 5.41) is 13.2. The molecular weight excluding hydrogens is 358 g/mol. The van der Waals surface area contributed by atoms with Crippen LogP contribution in [0.3, 0.4) is 0 Å². The topological polar surface area (TPSA) is 78.9 Å². The first-order valence-electron chi connectivity index (χ1n) is 5.55. The van der Waals surface area contributed by atoms with Gasteiger partial charge in [-0.1, -0.05) is 17.4 Å². The zero-order valence-electron chi connectivity index (χ0n) is 10.3. The van der Waals surface area contributed by atoms with Crippen LogP contribution in [0.15, 0.2) is 28.6 Å². The minimum atomic E-state index is -0.197. The molecule has 0 aliphatic carbocycles. The van der Waals surface area contributed by atoms with Crippen LogP contribution in [0.4, 0.5) is 10.0 Å². The Bertz CT molecular complexity index is 712. The first-order valence-corrected chi connectivity index (χ1v) is 7.98. The van der Waals surface area contributed by atoms with Crippen molar-refractivity contribution in [3.05, 3.63) is 44.6 Å². The van der Waals surface area contributed by atoms with Gasteiger partial charge in [0.15, 0.2) is 0 Å². The quantitative estimate of drug-likeness (QED) is 0.621. The van der Waals surface area contributed by atoms with Crippen molar-refractivity contribution < 1.29 is 4.79 Å². The second kappa shape index (κ2) is 6.22. The van der Waals surface area contributed by atoms with E-state index in [-0.39, 0.29) is 11.3 Å². The Morgan fingerprint density at radius 2 is 2.30 bits per heavy atom. The number of nitrogens with one attached hydrogen (secondary N) is 1. The van der Waals surface area contributed by atoms with Gasteiger partial charge in [0.05, 0.1) is 19.8 Å². The van der Waals surface area contributed by atoms with E-state index < -0.39 is 0 Å². The molecule has 3 N–H and O–H groups in total. The summed E-state index contributed by atoms with van der Waals surface area (Å²) in [5.74, 6) is -0.197. The summed E-state index contributed by atoms with van der Waals surface area (Å²) in [6, 6.07) is 5.54. The van der Waals surface area contributed by atoms with Crippen LogP contribution in [0.2, 0.25) is 0 Å². The van der Waals surface area contributed by atoms with Crippen molar-refractivity contribution in [1.82, 2.24) is 0 Å². The SMILES string of the molecule is C=CCNc1sc(N)c(C#N)c1C(=O)c1ccc(Br)s1. The second-order valence-electron chi connectivity index (χ2n) is 3.76. The Kier molecular flexibility index (Phi) is 4.60. The Balaban J connectivity index is 2.50. The maximum absolute atomic E-state index is 12.6. The third-order valence-electron chi connectivity index (χ3n) is 2.48. The zero-order chi connectivity index (χ0) is 14.7. The Labute approximate surface area is 132 Å². The minimum absolute atomic E-state index is 0.197. The second-order valence-corrected chi connectivity index (χ2v) is 7.27. The summed E-state index contributed by atoms with van der Waals surface area (Å²) in [7, 11) is 0. The number of hydrogen-bond donors (Lipinski definition) is 2. The zero-order valence-corrected chi connectivity index (χ0v) is 13.5. The molecule has 4 nitrogen and oxygen atoms in total. The number of rotatable bonds is 5. The number of ketones is 1. The fourth-order valence-corrected chi connectivity index (χ4v) is 3.88. The first kappa shape index (κ1) is 14.8. The highest BCUT2D eigenvalue weighted by atomic mass is 79.9. The van der Waals surface area contributed by atoms with Crippen molar-refractivity contribution in [2.75, 3.05) is 17.6 Å². The van der Waals surface area contributed by atoms with Crippen LogP contribution in [0.5, 0.6) is 0 Å². The van der Waals surface area contributed by atoms with Crippen molar-refractivity contribution in [2.24, 2.45) is 0 Å². The Morgan fingerprint density at radius 3 is 2.85 bits per heavy atom. The third-order valence-corrected chi connectivity index (χ3v) is 5.08. The number of thiophene rings is 2. The molecule has 0 aliphatic rings. The fraction of sp³-hybridized carbons (Fsp3) is 0.0769. The molecule has 0 radical (unpaired) electrons. The lowest BCUT2D eigenvalue weighted by Crippen LogP contribution is -2.06. The van der Waals surface area contributed by atoms with Gasteiger partial charge in [-0.25, -0.2) is 0 Å². The van der Waals surface area contributed by atoms with Gasteiger partial charge in [0.1, 0.15) is 16.1 Å². The molecule has 0 atom stereocenters. The molecule has 0 saturated carbocycles. The molecule has 0 spiro atoms. The highest BCUT2D eigenvalue weighted by Gasteiger charge is 2.24. The Morgan fingerprint density at radius 1 is 1.55 bits per heavy atom. The summed E-state index contributed by atoms with van der Waals surface area (Å²) in [4.78, 5) is 13.1. The normalized spacial score (nSPS) is 10.0. The average molecular weight is 368 g/mol. The van der Waals surface area contributed by atoms with Gasteiger partial charge in [-0.3, -0.25) is 4.79 Å². The summed E-state index contributed by atoms with van der Waals surface area (Å²) in [6.07, 6.45) is 1.68. The molecule has 2 heterocycles. The van der Waals surface area contributed by atoms with Crippen molar-refractivity contribution >= 4 is 54.4 Å². The van der Waals surface area contributed by atoms with Crippen molar-refractivity contribution in [3.8, 4) is 6.07 Å². The highest BCUT2D eigenvalue weighted by Crippen LogP contribution is 2.37. The molecule has 0 fully saturated rings.